The molecule has 0 saturated heterocycles. The fraction of sp³-hybridized carbons (Fsp3) is 0.286. The smallest absolute Gasteiger partial charge is 0.311 e. The Morgan fingerprint density at radius 2 is 2.32 bits per heavy atom. The minimum Gasteiger partial charge on any atom is -0.497 e. The Morgan fingerprint density at radius 1 is 1.53 bits per heavy atom. The molecule has 5 nitrogen and oxygen atoms in total. The Bertz CT molecular complexity index is 638. The standard InChI is InChI=1S/C14H13NO4/c1-9(7-15)19-14(16)5-10-8-18-13-6-11(17-2)3-4-12(10)13/h3-4,6,8-9H,5H2,1-2H3/t9-/m0/s1. The maximum atomic E-state index is 11.6. The highest BCUT2D eigenvalue weighted by Gasteiger charge is 2.14. The number of furan rings is 1. The van der Waals surface area contributed by atoms with Crippen molar-refractivity contribution in [1.29, 1.82) is 5.26 Å². The van der Waals surface area contributed by atoms with Gasteiger partial charge in [0.1, 0.15) is 17.4 Å². The number of nitriles is 1. The monoisotopic (exact) mass is 259 g/mol. The molecule has 1 heterocycles. The van der Waals surface area contributed by atoms with Crippen LogP contribution in [-0.4, -0.2) is 19.2 Å². The van der Waals surface area contributed by atoms with Gasteiger partial charge >= 0.3 is 5.97 Å². The van der Waals surface area contributed by atoms with Crippen LogP contribution in [0, 0.1) is 11.3 Å². The lowest BCUT2D eigenvalue weighted by Crippen LogP contribution is -2.14. The van der Waals surface area contributed by atoms with Crippen LogP contribution in [0.1, 0.15) is 12.5 Å². The van der Waals surface area contributed by atoms with E-state index in [1.165, 1.54) is 13.2 Å². The molecule has 0 spiro atoms. The first-order valence-electron chi connectivity index (χ1n) is 5.77. The van der Waals surface area contributed by atoms with Gasteiger partial charge in [-0.1, -0.05) is 0 Å². The zero-order chi connectivity index (χ0) is 13.8. The van der Waals surface area contributed by atoms with Gasteiger partial charge in [0.15, 0.2) is 6.10 Å². The van der Waals surface area contributed by atoms with Gasteiger partial charge < -0.3 is 13.9 Å². The summed E-state index contributed by atoms with van der Waals surface area (Å²) in [7, 11) is 1.58. The average molecular weight is 259 g/mol. The van der Waals surface area contributed by atoms with Crippen molar-refractivity contribution in [2.24, 2.45) is 0 Å². The number of ether oxygens (including phenoxy) is 2. The number of methoxy groups -OCH3 is 1. The van der Waals surface area contributed by atoms with Gasteiger partial charge in [0.2, 0.25) is 0 Å². The molecule has 0 fully saturated rings. The summed E-state index contributed by atoms with van der Waals surface area (Å²) in [6.07, 6.45) is 0.846. The van der Waals surface area contributed by atoms with Gasteiger partial charge in [-0.25, -0.2) is 0 Å². The maximum Gasteiger partial charge on any atom is 0.311 e. The van der Waals surface area contributed by atoms with Gasteiger partial charge in [0.05, 0.1) is 19.8 Å². The van der Waals surface area contributed by atoms with Crippen molar-refractivity contribution in [2.75, 3.05) is 7.11 Å². The predicted octanol–water partition coefficient (Wildman–Crippen LogP) is 2.44. The number of esters is 1. The normalized spacial score (nSPS) is 11.8. The topological polar surface area (TPSA) is 72.5 Å². The van der Waals surface area contributed by atoms with Crippen molar-refractivity contribution in [1.82, 2.24) is 0 Å². The van der Waals surface area contributed by atoms with Crippen molar-refractivity contribution in [3.63, 3.8) is 0 Å². The average Bonchev–Trinajstić information content (AvgIpc) is 2.80. The van der Waals surface area contributed by atoms with Crippen molar-refractivity contribution in [3.05, 3.63) is 30.0 Å². The lowest BCUT2D eigenvalue weighted by molar-refractivity contribution is -0.145. The fourth-order valence-electron chi connectivity index (χ4n) is 1.75. The molecule has 1 atom stereocenters. The molecule has 2 rings (SSSR count). The molecule has 19 heavy (non-hydrogen) atoms. The Morgan fingerprint density at radius 3 is 3.00 bits per heavy atom. The van der Waals surface area contributed by atoms with Crippen molar-refractivity contribution in [2.45, 2.75) is 19.4 Å². The van der Waals surface area contributed by atoms with Crippen LogP contribution >= 0.6 is 0 Å². The quantitative estimate of drug-likeness (QED) is 0.788. The van der Waals surface area contributed by atoms with Gasteiger partial charge in [-0.3, -0.25) is 4.79 Å². The molecule has 1 aromatic carbocycles. The second-order valence-corrected chi connectivity index (χ2v) is 4.06. The van der Waals surface area contributed by atoms with Crippen LogP contribution in [0.4, 0.5) is 0 Å². The third-order valence-electron chi connectivity index (χ3n) is 2.69. The number of hydrogen-bond donors (Lipinski definition) is 0. The first kappa shape index (κ1) is 13.0. The van der Waals surface area contributed by atoms with Gasteiger partial charge in [0.25, 0.3) is 0 Å². The largest absolute Gasteiger partial charge is 0.497 e. The summed E-state index contributed by atoms with van der Waals surface area (Å²) >= 11 is 0. The number of hydrogen-bond acceptors (Lipinski definition) is 5. The van der Waals surface area contributed by atoms with Crippen LogP contribution in [0.5, 0.6) is 5.75 Å². The third kappa shape index (κ3) is 2.86. The Labute approximate surface area is 110 Å². The highest BCUT2D eigenvalue weighted by Crippen LogP contribution is 2.26. The van der Waals surface area contributed by atoms with E-state index in [-0.39, 0.29) is 6.42 Å². The highest BCUT2D eigenvalue weighted by molar-refractivity contribution is 5.86. The van der Waals surface area contributed by atoms with E-state index in [1.54, 1.807) is 19.2 Å². The van der Waals surface area contributed by atoms with Crippen LogP contribution in [-0.2, 0) is 16.0 Å². The second-order valence-electron chi connectivity index (χ2n) is 4.06. The predicted molar refractivity (Wildman–Crippen MR) is 67.6 cm³/mol. The van der Waals surface area contributed by atoms with E-state index in [2.05, 4.69) is 0 Å². The molecule has 0 saturated carbocycles. The zero-order valence-electron chi connectivity index (χ0n) is 10.7. The number of carbonyl (C=O) groups is 1. The van der Waals surface area contributed by atoms with Crippen LogP contribution in [0.25, 0.3) is 11.0 Å². The van der Waals surface area contributed by atoms with Crippen LogP contribution in [0.2, 0.25) is 0 Å². The second kappa shape index (κ2) is 5.44. The molecule has 1 aromatic heterocycles. The minimum atomic E-state index is -0.745. The van der Waals surface area contributed by atoms with Crippen LogP contribution < -0.4 is 4.74 Å². The molecule has 98 valence electrons. The fourth-order valence-corrected chi connectivity index (χ4v) is 1.75. The number of rotatable bonds is 4. The molecule has 0 aliphatic rings. The molecule has 0 bridgehead atoms. The first-order chi connectivity index (χ1) is 9.13. The molecule has 0 N–H and O–H groups in total. The highest BCUT2D eigenvalue weighted by atomic mass is 16.5. The molecule has 0 aliphatic heterocycles. The summed E-state index contributed by atoms with van der Waals surface area (Å²) in [6, 6.07) is 7.22. The molecule has 0 radical (unpaired) electrons. The first-order valence-corrected chi connectivity index (χ1v) is 5.77. The van der Waals surface area contributed by atoms with Crippen molar-refractivity contribution in [3.8, 4) is 11.8 Å². The summed E-state index contributed by atoms with van der Waals surface area (Å²) in [5.74, 6) is 0.238. The molecule has 0 unspecified atom stereocenters. The molecule has 0 amide bonds. The van der Waals surface area contributed by atoms with Crippen molar-refractivity contribution < 1.29 is 18.7 Å². The lowest BCUT2D eigenvalue weighted by Gasteiger charge is -2.04. The van der Waals surface area contributed by atoms with E-state index in [4.69, 9.17) is 19.2 Å². The summed E-state index contributed by atoms with van der Waals surface area (Å²) in [5.41, 5.74) is 1.38. The number of nitrogens with zero attached hydrogens (tertiary/aromatic N) is 1. The molecule has 0 aliphatic carbocycles. The van der Waals surface area contributed by atoms with Gasteiger partial charge in [0, 0.05) is 17.0 Å². The minimum absolute atomic E-state index is 0.0748. The SMILES string of the molecule is COc1ccc2c(CC(=O)O[C@@H](C)C#N)coc2c1. The summed E-state index contributed by atoms with van der Waals surface area (Å²) < 4.78 is 15.4. The maximum absolute atomic E-state index is 11.6. The van der Waals surface area contributed by atoms with E-state index in [0.717, 1.165) is 10.9 Å². The summed E-state index contributed by atoms with van der Waals surface area (Å²) in [4.78, 5) is 11.6. The number of benzene rings is 1. The Hall–Kier alpha value is -2.48. The van der Waals surface area contributed by atoms with E-state index in [9.17, 15) is 4.79 Å². The number of fused-ring (bicyclic) bond motifs is 1. The lowest BCUT2D eigenvalue weighted by atomic mass is 10.1. The molecule has 2 aromatic rings. The zero-order valence-corrected chi connectivity index (χ0v) is 10.7. The number of carbonyl (C=O) groups excluding carboxylic acids is 1. The Balaban J connectivity index is 2.18. The molecular weight excluding hydrogens is 246 g/mol. The summed E-state index contributed by atoms with van der Waals surface area (Å²) in [6.45, 7) is 1.52. The molecule has 5 heteroatoms. The van der Waals surface area contributed by atoms with Gasteiger partial charge in [-0.15, -0.1) is 0 Å². The van der Waals surface area contributed by atoms with Crippen molar-refractivity contribution >= 4 is 16.9 Å². The van der Waals surface area contributed by atoms with E-state index in [0.29, 0.717) is 11.3 Å². The van der Waals surface area contributed by atoms with E-state index < -0.39 is 12.1 Å². The van der Waals surface area contributed by atoms with E-state index in [1.807, 2.05) is 12.1 Å². The van der Waals surface area contributed by atoms with Gasteiger partial charge in [-0.2, -0.15) is 5.26 Å². The van der Waals surface area contributed by atoms with Gasteiger partial charge in [-0.05, 0) is 19.1 Å². The van der Waals surface area contributed by atoms with Crippen LogP contribution in [0.3, 0.4) is 0 Å². The summed E-state index contributed by atoms with van der Waals surface area (Å²) in [5, 5.41) is 9.42. The molecular formula is C14H13NO4. The Kier molecular flexibility index (Phi) is 3.71. The third-order valence-corrected chi connectivity index (χ3v) is 2.69. The van der Waals surface area contributed by atoms with Crippen LogP contribution in [0.15, 0.2) is 28.9 Å². The van der Waals surface area contributed by atoms with E-state index >= 15 is 0 Å².